The van der Waals surface area contributed by atoms with Crippen LogP contribution in [0.1, 0.15) is 34.4 Å². The first kappa shape index (κ1) is 16.4. The highest BCUT2D eigenvalue weighted by Gasteiger charge is 2.34. The normalized spacial score (nSPS) is 21.0. The van der Waals surface area contributed by atoms with Gasteiger partial charge in [0.25, 0.3) is 5.91 Å². The maximum absolute atomic E-state index is 12.5. The molecule has 1 saturated heterocycles. The molecule has 3 heterocycles. The first-order valence-electron chi connectivity index (χ1n) is 7.29. The van der Waals surface area contributed by atoms with E-state index < -0.39 is 23.9 Å². The molecule has 0 aliphatic carbocycles. The molecule has 1 aliphatic heterocycles. The number of pyridine rings is 1. The average Bonchev–Trinajstić information content (AvgIpc) is 3.15. The van der Waals surface area contributed by atoms with Crippen LogP contribution in [0, 0.1) is 0 Å². The number of imidazole rings is 1. The largest absolute Gasteiger partial charge is 0.433 e. The summed E-state index contributed by atoms with van der Waals surface area (Å²) in [5.41, 5.74) is -0.970. The summed E-state index contributed by atoms with van der Waals surface area (Å²) in [6, 6.07) is 1.59. The number of carbonyl (C=O) groups excluding carboxylic acids is 1. The number of amides is 1. The lowest BCUT2D eigenvalue weighted by atomic mass is 10.1. The van der Waals surface area contributed by atoms with E-state index in [2.05, 4.69) is 15.3 Å². The lowest BCUT2D eigenvalue weighted by Gasteiger charge is -2.19. The van der Waals surface area contributed by atoms with Crippen molar-refractivity contribution in [3.8, 4) is 0 Å². The van der Waals surface area contributed by atoms with Crippen LogP contribution >= 0.6 is 0 Å². The van der Waals surface area contributed by atoms with Crippen molar-refractivity contribution in [1.82, 2.24) is 19.9 Å². The second-order valence-electron chi connectivity index (χ2n) is 5.49. The van der Waals surface area contributed by atoms with Gasteiger partial charge in [-0.1, -0.05) is 0 Å². The summed E-state index contributed by atoms with van der Waals surface area (Å²) in [6.07, 6.45) is 0.000613. The molecule has 0 saturated carbocycles. The van der Waals surface area contributed by atoms with Gasteiger partial charge in [0.15, 0.2) is 0 Å². The number of rotatable bonds is 3. The number of alkyl halides is 3. The Morgan fingerprint density at radius 1 is 1.38 bits per heavy atom. The van der Waals surface area contributed by atoms with Gasteiger partial charge in [-0.3, -0.25) is 9.78 Å². The number of aromatic nitrogens is 3. The Hall–Kier alpha value is -2.42. The molecular formula is C15H15F3N4O2. The Labute approximate surface area is 135 Å². The van der Waals surface area contributed by atoms with E-state index >= 15 is 0 Å². The van der Waals surface area contributed by atoms with Gasteiger partial charge in [0.2, 0.25) is 0 Å². The average molecular weight is 340 g/mol. The Morgan fingerprint density at radius 2 is 2.17 bits per heavy atom. The topological polar surface area (TPSA) is 69.0 Å². The highest BCUT2D eigenvalue weighted by atomic mass is 19.4. The third kappa shape index (κ3) is 3.25. The summed E-state index contributed by atoms with van der Waals surface area (Å²) >= 11 is 0. The molecule has 1 amide bonds. The van der Waals surface area contributed by atoms with Crippen molar-refractivity contribution in [2.45, 2.75) is 24.7 Å². The van der Waals surface area contributed by atoms with Crippen molar-refractivity contribution in [3.63, 3.8) is 0 Å². The zero-order valence-electron chi connectivity index (χ0n) is 12.7. The van der Waals surface area contributed by atoms with E-state index in [0.29, 0.717) is 18.9 Å². The maximum atomic E-state index is 12.5. The van der Waals surface area contributed by atoms with E-state index in [9.17, 15) is 18.0 Å². The molecule has 0 bridgehead atoms. The maximum Gasteiger partial charge on any atom is 0.433 e. The summed E-state index contributed by atoms with van der Waals surface area (Å²) in [5, 5.41) is 2.78. The molecule has 0 aromatic carbocycles. The summed E-state index contributed by atoms with van der Waals surface area (Å²) in [7, 11) is 1.82. The van der Waals surface area contributed by atoms with Crippen LogP contribution in [0.5, 0.6) is 0 Å². The Kier molecular flexibility index (Phi) is 4.27. The number of aryl methyl sites for hydroxylation is 1. The predicted octanol–water partition coefficient (Wildman–Crippen LogP) is 2.09. The van der Waals surface area contributed by atoms with Crippen LogP contribution in [0.2, 0.25) is 0 Å². The number of carbonyl (C=O) groups is 1. The first-order valence-corrected chi connectivity index (χ1v) is 7.29. The molecule has 0 unspecified atom stereocenters. The van der Waals surface area contributed by atoms with Crippen LogP contribution < -0.4 is 5.32 Å². The third-order valence-corrected chi connectivity index (χ3v) is 3.84. The number of ether oxygens (including phenoxy) is 1. The van der Waals surface area contributed by atoms with Crippen LogP contribution in [0.4, 0.5) is 13.2 Å². The number of halogens is 3. The van der Waals surface area contributed by atoms with Crippen molar-refractivity contribution in [1.29, 1.82) is 0 Å². The second kappa shape index (κ2) is 6.23. The lowest BCUT2D eigenvalue weighted by Crippen LogP contribution is -2.37. The fourth-order valence-electron chi connectivity index (χ4n) is 2.59. The van der Waals surface area contributed by atoms with Gasteiger partial charge in [-0.15, -0.1) is 0 Å². The number of hydrogen-bond donors (Lipinski definition) is 1. The van der Waals surface area contributed by atoms with E-state index in [1.54, 1.807) is 17.0 Å². The molecule has 0 radical (unpaired) electrons. The number of nitrogens with zero attached hydrogens (tertiary/aromatic N) is 3. The zero-order chi connectivity index (χ0) is 17.3. The minimum absolute atomic E-state index is 0.0634. The minimum Gasteiger partial charge on any atom is -0.368 e. The fraction of sp³-hybridized carbons (Fsp3) is 0.400. The van der Waals surface area contributed by atoms with Crippen LogP contribution in [0.25, 0.3) is 0 Å². The van der Waals surface area contributed by atoms with Gasteiger partial charge in [0.1, 0.15) is 17.6 Å². The van der Waals surface area contributed by atoms with E-state index in [4.69, 9.17) is 4.74 Å². The highest BCUT2D eigenvalue weighted by Crippen LogP contribution is 2.29. The molecule has 2 atom stereocenters. The van der Waals surface area contributed by atoms with Crippen LogP contribution in [-0.2, 0) is 18.0 Å². The number of hydrogen-bond acceptors (Lipinski definition) is 4. The van der Waals surface area contributed by atoms with Gasteiger partial charge in [-0.05, 0) is 18.6 Å². The molecule has 2 aromatic heterocycles. The van der Waals surface area contributed by atoms with Crippen LogP contribution in [0.15, 0.2) is 30.7 Å². The third-order valence-electron chi connectivity index (χ3n) is 3.84. The Morgan fingerprint density at radius 3 is 2.75 bits per heavy atom. The van der Waals surface area contributed by atoms with E-state index in [-0.39, 0.29) is 11.6 Å². The molecule has 128 valence electrons. The zero-order valence-corrected chi connectivity index (χ0v) is 12.7. The van der Waals surface area contributed by atoms with Gasteiger partial charge < -0.3 is 14.6 Å². The molecule has 24 heavy (non-hydrogen) atoms. The van der Waals surface area contributed by atoms with E-state index in [0.717, 1.165) is 18.3 Å². The van der Waals surface area contributed by atoms with Gasteiger partial charge in [0.05, 0.1) is 11.6 Å². The van der Waals surface area contributed by atoms with E-state index in [1.807, 2.05) is 7.05 Å². The van der Waals surface area contributed by atoms with Crippen molar-refractivity contribution in [2.24, 2.45) is 7.05 Å². The standard InChI is InChI=1S/C15H15F3N4O2/c1-22-6-5-19-13(22)12-10(4-7-24-12)21-14(23)9-2-3-11(20-8-9)15(16,17)18/h2-3,5-6,8,10,12H,4,7H2,1H3,(H,21,23)/t10-,12-/m0/s1. The molecule has 1 aliphatic rings. The summed E-state index contributed by atoms with van der Waals surface area (Å²) in [6.45, 7) is 0.466. The Balaban J connectivity index is 1.71. The highest BCUT2D eigenvalue weighted by molar-refractivity contribution is 5.94. The first-order chi connectivity index (χ1) is 11.4. The molecule has 1 N–H and O–H groups in total. The fourth-order valence-corrected chi connectivity index (χ4v) is 2.59. The molecule has 0 spiro atoms. The van der Waals surface area contributed by atoms with Gasteiger partial charge in [-0.2, -0.15) is 13.2 Å². The van der Waals surface area contributed by atoms with E-state index in [1.165, 1.54) is 0 Å². The molecule has 3 rings (SSSR count). The lowest BCUT2D eigenvalue weighted by molar-refractivity contribution is -0.141. The van der Waals surface area contributed by atoms with Gasteiger partial charge >= 0.3 is 6.18 Å². The molecule has 6 nitrogen and oxygen atoms in total. The Bertz CT molecular complexity index is 727. The predicted molar refractivity (Wildman–Crippen MR) is 77.0 cm³/mol. The second-order valence-corrected chi connectivity index (χ2v) is 5.49. The van der Waals surface area contributed by atoms with Crippen molar-refractivity contribution in [2.75, 3.05) is 6.61 Å². The molecule has 9 heteroatoms. The van der Waals surface area contributed by atoms with Gasteiger partial charge in [-0.25, -0.2) is 4.98 Å². The molecule has 1 fully saturated rings. The smallest absolute Gasteiger partial charge is 0.368 e. The van der Waals surface area contributed by atoms with Gasteiger partial charge in [0, 0.05) is 32.2 Å². The van der Waals surface area contributed by atoms with Crippen LogP contribution in [0.3, 0.4) is 0 Å². The quantitative estimate of drug-likeness (QED) is 0.929. The minimum atomic E-state index is -4.53. The van der Waals surface area contributed by atoms with Crippen molar-refractivity contribution in [3.05, 3.63) is 47.8 Å². The van der Waals surface area contributed by atoms with Crippen LogP contribution in [-0.4, -0.2) is 33.1 Å². The summed E-state index contributed by atoms with van der Waals surface area (Å²) in [4.78, 5) is 19.8. The molecule has 2 aromatic rings. The monoisotopic (exact) mass is 340 g/mol. The van der Waals surface area contributed by atoms with Crippen molar-refractivity contribution >= 4 is 5.91 Å². The van der Waals surface area contributed by atoms with Crippen molar-refractivity contribution < 1.29 is 22.7 Å². The summed E-state index contributed by atoms with van der Waals surface area (Å²) < 4.78 is 44.9. The SMILES string of the molecule is Cn1ccnc1[C@H]1OCC[C@@H]1NC(=O)c1ccc(C(F)(F)F)nc1. The summed E-state index contributed by atoms with van der Waals surface area (Å²) in [5.74, 6) is 0.189. The number of nitrogens with one attached hydrogen (secondary N) is 1. The molecular weight excluding hydrogens is 325 g/mol.